The molecule has 2 amide bonds. The molecule has 0 spiro atoms. The summed E-state index contributed by atoms with van der Waals surface area (Å²) >= 11 is 0. The van der Waals surface area contributed by atoms with E-state index in [2.05, 4.69) is 10.6 Å². The molecule has 9 nitrogen and oxygen atoms in total. The lowest BCUT2D eigenvalue weighted by Gasteiger charge is -2.20. The third-order valence-corrected chi connectivity index (χ3v) is 6.94. The van der Waals surface area contributed by atoms with Gasteiger partial charge in [0, 0.05) is 24.2 Å². The van der Waals surface area contributed by atoms with Crippen molar-refractivity contribution in [3.05, 3.63) is 74.7 Å². The average molecular weight is 509 g/mol. The van der Waals surface area contributed by atoms with Gasteiger partial charge < -0.3 is 15.4 Å². The van der Waals surface area contributed by atoms with Crippen molar-refractivity contribution in [2.75, 3.05) is 18.5 Å². The summed E-state index contributed by atoms with van der Waals surface area (Å²) < 4.78 is 23.2. The fraction of sp³-hybridized carbons (Fsp3) is 0.407. The second-order valence-corrected chi connectivity index (χ2v) is 10.0. The van der Waals surface area contributed by atoms with Crippen molar-refractivity contribution >= 4 is 28.4 Å². The lowest BCUT2D eigenvalue weighted by molar-refractivity contribution is -0.120. The number of nitrogens with zero attached hydrogens (tertiary/aromatic N) is 2. The largest absolute Gasteiger partial charge is 0.378 e. The number of hydrogen-bond donors (Lipinski definition) is 2. The van der Waals surface area contributed by atoms with Gasteiger partial charge in [-0.2, -0.15) is 0 Å². The molecule has 0 bridgehead atoms. The minimum absolute atomic E-state index is 0.0574. The summed E-state index contributed by atoms with van der Waals surface area (Å²) in [6.07, 6.45) is 1.92. The van der Waals surface area contributed by atoms with Crippen LogP contribution in [0.4, 0.5) is 10.1 Å². The van der Waals surface area contributed by atoms with Crippen LogP contribution in [0.1, 0.15) is 43.1 Å². The zero-order valence-electron chi connectivity index (χ0n) is 20.7. The van der Waals surface area contributed by atoms with Gasteiger partial charge in [0.25, 0.3) is 11.5 Å². The van der Waals surface area contributed by atoms with Crippen molar-refractivity contribution in [2.24, 2.45) is 11.8 Å². The van der Waals surface area contributed by atoms with Gasteiger partial charge in [0.2, 0.25) is 5.91 Å². The Morgan fingerprint density at radius 2 is 1.84 bits per heavy atom. The Labute approximate surface area is 212 Å². The van der Waals surface area contributed by atoms with E-state index in [1.54, 1.807) is 44.2 Å². The molecule has 2 aliphatic rings. The number of carbonyl (C=O) groups is 2. The van der Waals surface area contributed by atoms with Crippen LogP contribution in [0.2, 0.25) is 0 Å². The molecule has 2 N–H and O–H groups in total. The predicted octanol–water partition coefficient (Wildman–Crippen LogP) is 2.68. The Bertz CT molecular complexity index is 1480. The Balaban J connectivity index is 1.43. The summed E-state index contributed by atoms with van der Waals surface area (Å²) in [7, 11) is 0. The van der Waals surface area contributed by atoms with Crippen molar-refractivity contribution < 1.29 is 18.7 Å². The molecule has 3 aromatic rings. The average Bonchev–Trinajstić information content (AvgIpc) is 3.58. The quantitative estimate of drug-likeness (QED) is 0.510. The zero-order chi connectivity index (χ0) is 26.3. The molecule has 1 aliphatic heterocycles. The van der Waals surface area contributed by atoms with Crippen LogP contribution in [0.3, 0.4) is 0 Å². The first-order valence-electron chi connectivity index (χ1n) is 12.5. The normalized spacial score (nSPS) is 19.4. The molecule has 2 fully saturated rings. The van der Waals surface area contributed by atoms with E-state index in [4.69, 9.17) is 4.74 Å². The van der Waals surface area contributed by atoms with Gasteiger partial charge in [0.05, 0.1) is 41.8 Å². The molecular weight excluding hydrogens is 479 g/mol. The molecule has 194 valence electrons. The Hall–Kier alpha value is -3.79. The van der Waals surface area contributed by atoms with Crippen LogP contribution >= 0.6 is 0 Å². The first-order chi connectivity index (χ1) is 17.7. The predicted molar refractivity (Wildman–Crippen MR) is 136 cm³/mol. The number of anilines is 1. The molecule has 2 heterocycles. The number of fused-ring (bicyclic) bond motifs is 1. The maximum Gasteiger partial charge on any atom is 0.331 e. The minimum Gasteiger partial charge on any atom is -0.378 e. The van der Waals surface area contributed by atoms with Crippen molar-refractivity contribution in [3.63, 3.8) is 0 Å². The van der Waals surface area contributed by atoms with Crippen LogP contribution in [0.5, 0.6) is 0 Å². The SMILES string of the molecule is CC(C)n1c(=O)n(CC2CC2)c(=O)c2cc(NC(=O)C3COCC3NC(=O)c3ccccc3)c(F)cc21. The highest BCUT2D eigenvalue weighted by Gasteiger charge is 2.36. The lowest BCUT2D eigenvalue weighted by atomic mass is 10.0. The number of halogens is 1. The van der Waals surface area contributed by atoms with E-state index < -0.39 is 34.9 Å². The summed E-state index contributed by atoms with van der Waals surface area (Å²) in [6, 6.07) is 10.1. The Morgan fingerprint density at radius 3 is 2.51 bits per heavy atom. The van der Waals surface area contributed by atoms with E-state index in [0.717, 1.165) is 18.9 Å². The molecule has 10 heteroatoms. The molecule has 2 atom stereocenters. The van der Waals surface area contributed by atoms with E-state index in [1.807, 2.05) is 0 Å². The van der Waals surface area contributed by atoms with Gasteiger partial charge in [0.15, 0.2) is 0 Å². The Morgan fingerprint density at radius 1 is 1.11 bits per heavy atom. The molecule has 0 radical (unpaired) electrons. The molecule has 1 aliphatic carbocycles. The highest BCUT2D eigenvalue weighted by atomic mass is 19.1. The van der Waals surface area contributed by atoms with E-state index in [-0.39, 0.29) is 47.7 Å². The molecule has 1 aromatic heterocycles. The van der Waals surface area contributed by atoms with E-state index in [0.29, 0.717) is 12.1 Å². The number of amides is 2. The molecule has 5 rings (SSSR count). The van der Waals surface area contributed by atoms with Crippen LogP contribution < -0.4 is 21.9 Å². The highest BCUT2D eigenvalue weighted by molar-refractivity contribution is 5.97. The van der Waals surface area contributed by atoms with E-state index >= 15 is 4.39 Å². The van der Waals surface area contributed by atoms with E-state index in [1.165, 1.54) is 15.2 Å². The van der Waals surface area contributed by atoms with Gasteiger partial charge in [-0.3, -0.25) is 23.5 Å². The van der Waals surface area contributed by atoms with Gasteiger partial charge in [-0.1, -0.05) is 18.2 Å². The molecule has 2 aromatic carbocycles. The summed E-state index contributed by atoms with van der Waals surface area (Å²) in [5.74, 6) is -2.11. The van der Waals surface area contributed by atoms with Crippen LogP contribution in [-0.4, -0.2) is 40.2 Å². The van der Waals surface area contributed by atoms with Crippen molar-refractivity contribution in [3.8, 4) is 0 Å². The summed E-state index contributed by atoms with van der Waals surface area (Å²) in [5.41, 5.74) is -0.494. The summed E-state index contributed by atoms with van der Waals surface area (Å²) in [5, 5.41) is 5.54. The maximum atomic E-state index is 15.2. The van der Waals surface area contributed by atoms with Gasteiger partial charge in [-0.15, -0.1) is 0 Å². The fourth-order valence-electron chi connectivity index (χ4n) is 4.73. The number of ether oxygens (including phenoxy) is 1. The standard InChI is InChI=1S/C27H29FN4O5/c1-15(2)32-23-11-20(28)21(10-18(23)26(35)31(27(32)36)12-16-8-9-16)29-25(34)19-13-37-14-22(19)30-24(33)17-6-4-3-5-7-17/h3-7,10-11,15-16,19,22H,8-9,12-14H2,1-2H3,(H,29,34)(H,30,33). The second kappa shape index (κ2) is 9.93. The summed E-state index contributed by atoms with van der Waals surface area (Å²) in [6.45, 7) is 4.11. The van der Waals surface area contributed by atoms with Crippen molar-refractivity contribution in [1.82, 2.24) is 14.5 Å². The number of carbonyl (C=O) groups excluding carboxylic acids is 2. The van der Waals surface area contributed by atoms with Gasteiger partial charge in [0.1, 0.15) is 5.82 Å². The second-order valence-electron chi connectivity index (χ2n) is 10.0. The molecule has 2 unspecified atom stereocenters. The smallest absolute Gasteiger partial charge is 0.331 e. The molecule has 37 heavy (non-hydrogen) atoms. The molecule has 1 saturated carbocycles. The number of nitrogens with one attached hydrogen (secondary N) is 2. The number of aromatic nitrogens is 2. The van der Waals surface area contributed by atoms with Crippen LogP contribution in [0, 0.1) is 17.7 Å². The Kier molecular flexibility index (Phi) is 6.68. The molecular formula is C27H29FN4O5. The fourth-order valence-corrected chi connectivity index (χ4v) is 4.73. The third kappa shape index (κ3) is 4.93. The first-order valence-corrected chi connectivity index (χ1v) is 12.5. The number of benzene rings is 2. The van der Waals surface area contributed by atoms with E-state index in [9.17, 15) is 19.2 Å². The summed E-state index contributed by atoms with van der Waals surface area (Å²) in [4.78, 5) is 52.0. The van der Waals surface area contributed by atoms with Crippen molar-refractivity contribution in [2.45, 2.75) is 45.3 Å². The highest BCUT2D eigenvalue weighted by Crippen LogP contribution is 2.30. The third-order valence-electron chi connectivity index (χ3n) is 6.94. The maximum absolute atomic E-state index is 15.2. The first kappa shape index (κ1) is 24.9. The number of rotatable bonds is 7. The minimum atomic E-state index is -0.766. The van der Waals surface area contributed by atoms with Gasteiger partial charge in [-0.25, -0.2) is 9.18 Å². The van der Waals surface area contributed by atoms with Gasteiger partial charge >= 0.3 is 5.69 Å². The molecule has 1 saturated heterocycles. The number of hydrogen-bond acceptors (Lipinski definition) is 5. The van der Waals surface area contributed by atoms with Crippen LogP contribution in [0.25, 0.3) is 10.9 Å². The van der Waals surface area contributed by atoms with Gasteiger partial charge in [-0.05, 0) is 50.8 Å². The van der Waals surface area contributed by atoms with Crippen LogP contribution in [0.15, 0.2) is 52.1 Å². The topological polar surface area (TPSA) is 111 Å². The monoisotopic (exact) mass is 508 g/mol. The lowest BCUT2D eigenvalue weighted by Crippen LogP contribution is -2.44. The zero-order valence-corrected chi connectivity index (χ0v) is 20.7. The van der Waals surface area contributed by atoms with Crippen LogP contribution in [-0.2, 0) is 16.1 Å². The van der Waals surface area contributed by atoms with Crippen molar-refractivity contribution in [1.29, 1.82) is 0 Å².